The van der Waals surface area contributed by atoms with Gasteiger partial charge in [0, 0.05) is 42.8 Å². The molecule has 0 spiro atoms. The number of rotatable bonds is 11. The number of fused-ring (bicyclic) bond motifs is 1. The normalized spacial score (nSPS) is 14.7. The summed E-state index contributed by atoms with van der Waals surface area (Å²) < 4.78 is 17.9. The molecule has 0 bridgehead atoms. The fourth-order valence-corrected chi connectivity index (χ4v) is 5.02. The summed E-state index contributed by atoms with van der Waals surface area (Å²) in [4.78, 5) is 13.6. The lowest BCUT2D eigenvalue weighted by Gasteiger charge is -2.38. The highest BCUT2D eigenvalue weighted by Gasteiger charge is 2.36. The zero-order valence-corrected chi connectivity index (χ0v) is 23.6. The number of hydrogen-bond donors (Lipinski definition) is 1. The van der Waals surface area contributed by atoms with Gasteiger partial charge in [-0.05, 0) is 55.7 Å². The minimum absolute atomic E-state index is 0.0355. The SMILES string of the molecule is CCCCN(CC(O)COc1ccc(C2=C(c3ccccc3)C(C)(C)Oc3cc(OC)ccc32)cc1)C(C)=O. The van der Waals surface area contributed by atoms with Gasteiger partial charge in [-0.1, -0.05) is 55.8 Å². The van der Waals surface area contributed by atoms with E-state index in [9.17, 15) is 9.90 Å². The van der Waals surface area contributed by atoms with Crippen molar-refractivity contribution in [3.8, 4) is 17.2 Å². The molecule has 6 nitrogen and oxygen atoms in total. The standard InChI is InChI=1S/C33H39NO5/c1-6-7-19-34(23(2)35)21-26(36)22-38-27-15-13-24(14-16-27)31-29-18-17-28(37-5)20-30(29)39-33(3,4)32(31)25-11-9-8-10-12-25/h8-18,20,26,36H,6-7,19,21-22H2,1-5H3. The third kappa shape index (κ3) is 6.63. The summed E-state index contributed by atoms with van der Waals surface area (Å²) in [6.45, 7) is 8.79. The van der Waals surface area contributed by atoms with Gasteiger partial charge in [0.05, 0.1) is 7.11 Å². The molecule has 1 aliphatic rings. The van der Waals surface area contributed by atoms with Gasteiger partial charge in [-0.3, -0.25) is 4.79 Å². The van der Waals surface area contributed by atoms with Crippen molar-refractivity contribution in [2.24, 2.45) is 0 Å². The van der Waals surface area contributed by atoms with Crippen LogP contribution in [0.5, 0.6) is 17.2 Å². The van der Waals surface area contributed by atoms with Crippen LogP contribution in [-0.2, 0) is 4.79 Å². The molecule has 1 amide bonds. The van der Waals surface area contributed by atoms with Crippen LogP contribution in [-0.4, -0.2) is 54.4 Å². The number of aliphatic hydroxyl groups excluding tert-OH is 1. The Kier molecular flexibility index (Phi) is 8.97. The van der Waals surface area contributed by atoms with Gasteiger partial charge < -0.3 is 24.2 Å². The molecule has 0 aliphatic carbocycles. The van der Waals surface area contributed by atoms with Crippen molar-refractivity contribution in [2.75, 3.05) is 26.8 Å². The van der Waals surface area contributed by atoms with Crippen molar-refractivity contribution in [3.63, 3.8) is 0 Å². The number of ether oxygens (including phenoxy) is 3. The summed E-state index contributed by atoms with van der Waals surface area (Å²) in [6, 6.07) is 24.2. The zero-order chi connectivity index (χ0) is 28.0. The quantitative estimate of drug-likeness (QED) is 0.320. The second kappa shape index (κ2) is 12.4. The number of hydrogen-bond acceptors (Lipinski definition) is 5. The van der Waals surface area contributed by atoms with Crippen LogP contribution in [0.25, 0.3) is 11.1 Å². The molecule has 0 radical (unpaired) electrons. The Morgan fingerprint density at radius 3 is 2.33 bits per heavy atom. The van der Waals surface area contributed by atoms with Crippen molar-refractivity contribution in [1.82, 2.24) is 4.90 Å². The van der Waals surface area contributed by atoms with Gasteiger partial charge in [0.25, 0.3) is 0 Å². The summed E-state index contributed by atoms with van der Waals surface area (Å²) in [5, 5.41) is 10.5. The molecule has 1 unspecified atom stereocenters. The van der Waals surface area contributed by atoms with E-state index in [1.54, 1.807) is 12.0 Å². The first kappa shape index (κ1) is 28.2. The average molecular weight is 530 g/mol. The highest BCUT2D eigenvalue weighted by atomic mass is 16.5. The van der Waals surface area contributed by atoms with Crippen LogP contribution >= 0.6 is 0 Å². The van der Waals surface area contributed by atoms with Gasteiger partial charge in [0.1, 0.15) is 35.6 Å². The first-order chi connectivity index (χ1) is 18.7. The number of unbranched alkanes of at least 4 members (excludes halogenated alkanes) is 1. The van der Waals surface area contributed by atoms with Crippen LogP contribution in [0.1, 0.15) is 57.2 Å². The van der Waals surface area contributed by atoms with Gasteiger partial charge >= 0.3 is 0 Å². The van der Waals surface area contributed by atoms with Gasteiger partial charge in [0.15, 0.2) is 0 Å². The van der Waals surface area contributed by atoms with Gasteiger partial charge in [0.2, 0.25) is 5.91 Å². The molecule has 0 fully saturated rings. The predicted octanol–water partition coefficient (Wildman–Crippen LogP) is 6.21. The van der Waals surface area contributed by atoms with Crippen molar-refractivity contribution in [3.05, 3.63) is 89.5 Å². The average Bonchev–Trinajstić information content (AvgIpc) is 2.93. The monoisotopic (exact) mass is 529 g/mol. The molecule has 4 rings (SSSR count). The summed E-state index contributed by atoms with van der Waals surface area (Å²) in [6.07, 6.45) is 1.13. The van der Waals surface area contributed by atoms with Crippen molar-refractivity contribution >= 4 is 17.1 Å². The lowest BCUT2D eigenvalue weighted by Crippen LogP contribution is -2.39. The minimum atomic E-state index is -0.768. The number of aliphatic hydroxyl groups is 1. The van der Waals surface area contributed by atoms with Gasteiger partial charge in [-0.15, -0.1) is 0 Å². The molecule has 6 heteroatoms. The Balaban J connectivity index is 1.62. The van der Waals surface area contributed by atoms with E-state index in [1.165, 1.54) is 6.92 Å². The Morgan fingerprint density at radius 2 is 1.69 bits per heavy atom. The molecule has 1 N–H and O–H groups in total. The van der Waals surface area contributed by atoms with Crippen molar-refractivity contribution in [2.45, 2.75) is 52.2 Å². The third-order valence-electron chi connectivity index (χ3n) is 6.98. The van der Waals surface area contributed by atoms with Crippen LogP contribution in [0.3, 0.4) is 0 Å². The predicted molar refractivity (Wildman–Crippen MR) is 155 cm³/mol. The van der Waals surface area contributed by atoms with E-state index in [0.29, 0.717) is 12.3 Å². The molecule has 1 aliphatic heterocycles. The number of carbonyl (C=O) groups is 1. The van der Waals surface area contributed by atoms with E-state index in [1.807, 2.05) is 60.7 Å². The summed E-state index contributed by atoms with van der Waals surface area (Å²) in [7, 11) is 1.65. The maximum absolute atomic E-state index is 11.9. The maximum Gasteiger partial charge on any atom is 0.219 e. The van der Waals surface area contributed by atoms with Crippen LogP contribution in [0.15, 0.2) is 72.8 Å². The third-order valence-corrected chi connectivity index (χ3v) is 6.98. The van der Waals surface area contributed by atoms with Gasteiger partial charge in [-0.25, -0.2) is 0 Å². The number of amides is 1. The van der Waals surface area contributed by atoms with E-state index < -0.39 is 11.7 Å². The van der Waals surface area contributed by atoms with Crippen LogP contribution in [0.4, 0.5) is 0 Å². The molecule has 1 heterocycles. The second-order valence-corrected chi connectivity index (χ2v) is 10.4. The van der Waals surface area contributed by atoms with Crippen LogP contribution < -0.4 is 14.2 Å². The summed E-state index contributed by atoms with van der Waals surface area (Å²) in [5.41, 5.74) is 4.73. The fourth-order valence-electron chi connectivity index (χ4n) is 5.02. The Labute approximate surface area is 231 Å². The van der Waals surface area contributed by atoms with Gasteiger partial charge in [-0.2, -0.15) is 0 Å². The Bertz CT molecular complexity index is 1300. The molecule has 0 saturated heterocycles. The number of methoxy groups -OCH3 is 1. The molecule has 1 atom stereocenters. The van der Waals surface area contributed by atoms with Crippen molar-refractivity contribution < 1.29 is 24.1 Å². The minimum Gasteiger partial charge on any atom is -0.497 e. The first-order valence-corrected chi connectivity index (χ1v) is 13.6. The van der Waals surface area contributed by atoms with E-state index >= 15 is 0 Å². The van der Waals surface area contributed by atoms with E-state index in [-0.39, 0.29) is 19.1 Å². The first-order valence-electron chi connectivity index (χ1n) is 13.6. The summed E-state index contributed by atoms with van der Waals surface area (Å²) >= 11 is 0. The molecule has 39 heavy (non-hydrogen) atoms. The Morgan fingerprint density at radius 1 is 1.00 bits per heavy atom. The largest absolute Gasteiger partial charge is 0.497 e. The molecule has 0 aromatic heterocycles. The molecular formula is C33H39NO5. The molecule has 3 aromatic carbocycles. The molecular weight excluding hydrogens is 490 g/mol. The number of carbonyl (C=O) groups excluding carboxylic acids is 1. The number of nitrogens with zero attached hydrogens (tertiary/aromatic N) is 1. The molecule has 206 valence electrons. The topological polar surface area (TPSA) is 68.2 Å². The van der Waals surface area contributed by atoms with E-state index in [4.69, 9.17) is 14.2 Å². The van der Waals surface area contributed by atoms with Crippen molar-refractivity contribution in [1.29, 1.82) is 0 Å². The fraction of sp³-hybridized carbons (Fsp3) is 0.364. The number of benzene rings is 3. The highest BCUT2D eigenvalue weighted by molar-refractivity contribution is 6.04. The Hall–Kier alpha value is -3.77. The van der Waals surface area contributed by atoms with E-state index in [2.05, 4.69) is 32.9 Å². The van der Waals surface area contributed by atoms with Crippen LogP contribution in [0.2, 0.25) is 0 Å². The zero-order valence-electron chi connectivity index (χ0n) is 23.6. The lowest BCUT2D eigenvalue weighted by molar-refractivity contribution is -0.130. The second-order valence-electron chi connectivity index (χ2n) is 10.4. The highest BCUT2D eigenvalue weighted by Crippen LogP contribution is 2.49. The molecule has 0 saturated carbocycles. The smallest absolute Gasteiger partial charge is 0.219 e. The lowest BCUT2D eigenvalue weighted by atomic mass is 9.79. The summed E-state index contributed by atoms with van der Waals surface area (Å²) in [5.74, 6) is 2.14. The molecule has 3 aromatic rings. The van der Waals surface area contributed by atoms with Crippen LogP contribution in [0, 0.1) is 0 Å². The maximum atomic E-state index is 11.9. The van der Waals surface area contributed by atoms with E-state index in [0.717, 1.165) is 52.2 Å².